The van der Waals surface area contributed by atoms with E-state index in [-0.39, 0.29) is 16.8 Å². The topological polar surface area (TPSA) is 26.3 Å². The number of fused-ring (bicyclic) bond motifs is 1. The lowest BCUT2D eigenvalue weighted by Crippen LogP contribution is -2.34. The molecule has 0 spiro atoms. The summed E-state index contributed by atoms with van der Waals surface area (Å²) in [5.74, 6) is 0.338. The Bertz CT molecular complexity index is 959. The van der Waals surface area contributed by atoms with Crippen LogP contribution >= 0.6 is 0 Å². The average Bonchev–Trinajstić information content (AvgIpc) is 2.70. The highest BCUT2D eigenvalue weighted by Crippen LogP contribution is 2.47. The molecule has 1 aliphatic carbocycles. The smallest absolute Gasteiger partial charge is 0.338 e. The van der Waals surface area contributed by atoms with Crippen LogP contribution in [0.4, 0.5) is 0 Å². The summed E-state index contributed by atoms with van der Waals surface area (Å²) in [6.07, 6.45) is 7.92. The predicted octanol–water partition coefficient (Wildman–Crippen LogP) is 7.58. The van der Waals surface area contributed by atoms with Crippen LogP contribution in [0.1, 0.15) is 99.5 Å². The molecule has 2 aromatic carbocycles. The van der Waals surface area contributed by atoms with E-state index in [2.05, 4.69) is 65.8 Å². The Morgan fingerprint density at radius 2 is 1.55 bits per heavy atom. The van der Waals surface area contributed by atoms with Crippen LogP contribution in [-0.4, -0.2) is 12.6 Å². The first-order chi connectivity index (χ1) is 14.5. The fourth-order valence-corrected chi connectivity index (χ4v) is 4.58. The third-order valence-corrected chi connectivity index (χ3v) is 6.62. The number of hydrogen-bond acceptors (Lipinski definition) is 2. The summed E-state index contributed by atoms with van der Waals surface area (Å²) in [6, 6.07) is 12.6. The Labute approximate surface area is 188 Å². The Kier molecular flexibility index (Phi) is 6.79. The molecule has 0 radical (unpaired) electrons. The molecule has 0 unspecified atom stereocenters. The van der Waals surface area contributed by atoms with E-state index in [0.717, 1.165) is 12.0 Å². The third-order valence-electron chi connectivity index (χ3n) is 6.62. The molecule has 0 aromatic heterocycles. The van der Waals surface area contributed by atoms with Gasteiger partial charge in [-0.15, -0.1) is 0 Å². The summed E-state index contributed by atoms with van der Waals surface area (Å²) in [5.41, 5.74) is 7.86. The molecule has 0 saturated heterocycles. The summed E-state index contributed by atoms with van der Waals surface area (Å²) in [4.78, 5) is 11.9. The molecule has 1 aliphatic rings. The number of benzene rings is 2. The van der Waals surface area contributed by atoms with Crippen molar-refractivity contribution in [2.75, 3.05) is 6.61 Å². The summed E-state index contributed by atoms with van der Waals surface area (Å²) in [5, 5.41) is 0. The first kappa shape index (κ1) is 23.3. The van der Waals surface area contributed by atoms with E-state index in [1.54, 1.807) is 0 Å². The number of hydrogen-bond donors (Lipinski definition) is 0. The number of carbonyl (C=O) groups excluding carboxylic acids is 1. The number of ether oxygens (including phenoxy) is 1. The van der Waals surface area contributed by atoms with Crippen molar-refractivity contribution in [2.45, 2.75) is 78.6 Å². The largest absolute Gasteiger partial charge is 0.462 e. The first-order valence-corrected chi connectivity index (χ1v) is 11.7. The van der Waals surface area contributed by atoms with Gasteiger partial charge in [0.1, 0.15) is 0 Å². The van der Waals surface area contributed by atoms with Crippen LogP contribution in [0, 0.1) is 5.92 Å². The lowest BCUT2D eigenvalue weighted by atomic mass is 9.62. The Morgan fingerprint density at radius 1 is 0.968 bits per heavy atom. The number of carbonyl (C=O) groups is 1. The van der Waals surface area contributed by atoms with Crippen molar-refractivity contribution in [3.8, 4) is 0 Å². The normalized spacial score (nSPS) is 17.0. The minimum absolute atomic E-state index is 0.199. The lowest BCUT2D eigenvalue weighted by Gasteiger charge is -2.42. The molecule has 2 aromatic rings. The van der Waals surface area contributed by atoms with Gasteiger partial charge >= 0.3 is 5.97 Å². The van der Waals surface area contributed by atoms with Crippen LogP contribution in [0.5, 0.6) is 0 Å². The predicted molar refractivity (Wildman–Crippen MR) is 132 cm³/mol. The van der Waals surface area contributed by atoms with Gasteiger partial charge < -0.3 is 4.74 Å². The zero-order valence-corrected chi connectivity index (χ0v) is 20.3. The van der Waals surface area contributed by atoms with Crippen LogP contribution in [-0.2, 0) is 22.0 Å². The van der Waals surface area contributed by atoms with Gasteiger partial charge in [-0.3, -0.25) is 0 Å². The average molecular weight is 419 g/mol. The van der Waals surface area contributed by atoms with Crippen LogP contribution < -0.4 is 0 Å². The van der Waals surface area contributed by atoms with Crippen molar-refractivity contribution in [1.82, 2.24) is 0 Å². The van der Waals surface area contributed by atoms with E-state index >= 15 is 0 Å². The van der Waals surface area contributed by atoms with Crippen LogP contribution in [0.3, 0.4) is 0 Å². The SMILES string of the molecule is CCOC(=O)c1ccc(/C=C/c2cc3c(cc2CC(C)C)C(C)(C)CCC3(C)C)cc1. The fourth-order valence-electron chi connectivity index (χ4n) is 4.58. The van der Waals surface area contributed by atoms with Gasteiger partial charge in [-0.05, 0) is 82.9 Å². The fraction of sp³-hybridized carbons (Fsp3) is 0.483. The van der Waals surface area contributed by atoms with Gasteiger partial charge in [-0.25, -0.2) is 4.79 Å². The molecule has 2 heteroatoms. The highest BCUT2D eigenvalue weighted by Gasteiger charge is 2.37. The molecular weight excluding hydrogens is 380 g/mol. The molecule has 0 amide bonds. The lowest BCUT2D eigenvalue weighted by molar-refractivity contribution is 0.0526. The van der Waals surface area contributed by atoms with Gasteiger partial charge in [0.05, 0.1) is 12.2 Å². The van der Waals surface area contributed by atoms with Gasteiger partial charge in [0.25, 0.3) is 0 Å². The second kappa shape index (κ2) is 9.02. The molecule has 31 heavy (non-hydrogen) atoms. The molecule has 0 fully saturated rings. The Hall–Kier alpha value is -2.35. The van der Waals surface area contributed by atoms with Crippen molar-refractivity contribution in [2.24, 2.45) is 5.92 Å². The minimum Gasteiger partial charge on any atom is -0.462 e. The molecule has 0 heterocycles. The van der Waals surface area contributed by atoms with Gasteiger partial charge in [-0.2, -0.15) is 0 Å². The maximum atomic E-state index is 11.9. The third kappa shape index (κ3) is 5.29. The molecule has 2 nitrogen and oxygen atoms in total. The van der Waals surface area contributed by atoms with E-state index in [0.29, 0.717) is 18.1 Å². The summed E-state index contributed by atoms with van der Waals surface area (Å²) >= 11 is 0. The van der Waals surface area contributed by atoms with Crippen molar-refractivity contribution >= 4 is 18.1 Å². The maximum absolute atomic E-state index is 11.9. The van der Waals surface area contributed by atoms with Crippen LogP contribution in [0.15, 0.2) is 36.4 Å². The molecule has 0 aliphatic heterocycles. The van der Waals surface area contributed by atoms with Gasteiger partial charge in [0, 0.05) is 0 Å². The summed E-state index contributed by atoms with van der Waals surface area (Å²) in [6.45, 7) is 16.3. The molecule has 3 rings (SSSR count). The second-order valence-corrected chi connectivity index (χ2v) is 10.6. The van der Waals surface area contributed by atoms with Crippen molar-refractivity contribution in [3.63, 3.8) is 0 Å². The molecule has 0 saturated carbocycles. The van der Waals surface area contributed by atoms with Gasteiger partial charge in [-0.1, -0.05) is 78.0 Å². The number of esters is 1. The monoisotopic (exact) mass is 418 g/mol. The van der Waals surface area contributed by atoms with Crippen LogP contribution in [0.2, 0.25) is 0 Å². The van der Waals surface area contributed by atoms with E-state index in [4.69, 9.17) is 4.74 Å². The van der Waals surface area contributed by atoms with E-state index in [1.165, 1.54) is 35.1 Å². The minimum atomic E-state index is -0.267. The van der Waals surface area contributed by atoms with Crippen molar-refractivity contribution < 1.29 is 9.53 Å². The van der Waals surface area contributed by atoms with E-state index in [9.17, 15) is 4.79 Å². The Morgan fingerprint density at radius 3 is 2.10 bits per heavy atom. The van der Waals surface area contributed by atoms with E-state index in [1.807, 2.05) is 31.2 Å². The molecule has 0 N–H and O–H groups in total. The second-order valence-electron chi connectivity index (χ2n) is 10.6. The summed E-state index contributed by atoms with van der Waals surface area (Å²) < 4.78 is 5.08. The van der Waals surface area contributed by atoms with Crippen molar-refractivity contribution in [3.05, 3.63) is 69.8 Å². The molecular formula is C29H38O2. The number of rotatable bonds is 6. The zero-order valence-electron chi connectivity index (χ0n) is 20.3. The molecule has 0 bridgehead atoms. The van der Waals surface area contributed by atoms with Crippen LogP contribution in [0.25, 0.3) is 12.2 Å². The standard InChI is InChI=1S/C29H38O2/c1-8-31-27(30)22-12-9-21(10-13-22)11-14-23-18-25-26(19-24(23)17-20(2)3)29(6,7)16-15-28(25,4)5/h9-14,18-20H,8,15-17H2,1-7H3/b14-11+. The molecule has 0 atom stereocenters. The zero-order chi connectivity index (χ0) is 22.8. The highest BCUT2D eigenvalue weighted by molar-refractivity contribution is 5.89. The van der Waals surface area contributed by atoms with Crippen molar-refractivity contribution in [1.29, 1.82) is 0 Å². The first-order valence-electron chi connectivity index (χ1n) is 11.7. The van der Waals surface area contributed by atoms with Gasteiger partial charge in [0.2, 0.25) is 0 Å². The Balaban J connectivity index is 1.99. The van der Waals surface area contributed by atoms with Gasteiger partial charge in [0.15, 0.2) is 0 Å². The summed E-state index contributed by atoms with van der Waals surface area (Å²) in [7, 11) is 0. The highest BCUT2D eigenvalue weighted by atomic mass is 16.5. The quantitative estimate of drug-likeness (QED) is 0.357. The van der Waals surface area contributed by atoms with E-state index < -0.39 is 0 Å². The maximum Gasteiger partial charge on any atom is 0.338 e. The molecule has 166 valence electrons.